The fourth-order valence-electron chi connectivity index (χ4n) is 2.83. The molecule has 21 heavy (non-hydrogen) atoms. The standard InChI is InChI=1S/C16H21ClN4/c1-20-8-5-13(6-9-20)11-19-15-4-2-3-14(17)16(15)21-10-7-18-12-21/h2-4,7,10,12-13,19H,5-6,8-9,11H2,1H3. The number of hydrogen-bond donors (Lipinski definition) is 1. The maximum Gasteiger partial charge on any atom is 0.0992 e. The summed E-state index contributed by atoms with van der Waals surface area (Å²) >= 11 is 6.37. The molecule has 0 saturated carbocycles. The summed E-state index contributed by atoms with van der Waals surface area (Å²) in [7, 11) is 2.19. The SMILES string of the molecule is CN1CCC(CNc2cccc(Cl)c2-n2ccnc2)CC1. The second-order valence-corrected chi connectivity index (χ2v) is 6.14. The molecule has 1 N–H and O–H groups in total. The molecule has 0 atom stereocenters. The van der Waals surface area contributed by atoms with E-state index in [0.29, 0.717) is 0 Å². The van der Waals surface area contributed by atoms with Gasteiger partial charge in [0.1, 0.15) is 0 Å². The summed E-state index contributed by atoms with van der Waals surface area (Å²) in [5.74, 6) is 0.732. The second kappa shape index (κ2) is 6.50. The summed E-state index contributed by atoms with van der Waals surface area (Å²) in [5, 5.41) is 4.31. The number of imidazole rings is 1. The normalized spacial score (nSPS) is 17.0. The molecule has 2 aromatic rings. The van der Waals surface area contributed by atoms with Crippen molar-refractivity contribution in [3.8, 4) is 5.69 Å². The lowest BCUT2D eigenvalue weighted by Gasteiger charge is -2.29. The summed E-state index contributed by atoms with van der Waals surface area (Å²) in [4.78, 5) is 6.51. The van der Waals surface area contributed by atoms with Crippen molar-refractivity contribution in [3.63, 3.8) is 0 Å². The van der Waals surface area contributed by atoms with Crippen LogP contribution >= 0.6 is 11.6 Å². The van der Waals surface area contributed by atoms with Gasteiger partial charge in [-0.2, -0.15) is 0 Å². The van der Waals surface area contributed by atoms with Crippen molar-refractivity contribution in [1.82, 2.24) is 14.5 Å². The Morgan fingerprint density at radius 1 is 1.33 bits per heavy atom. The van der Waals surface area contributed by atoms with E-state index in [9.17, 15) is 0 Å². The first-order chi connectivity index (χ1) is 10.2. The molecule has 1 fully saturated rings. The van der Waals surface area contributed by atoms with Gasteiger partial charge in [-0.15, -0.1) is 0 Å². The molecule has 1 aromatic heterocycles. The largest absolute Gasteiger partial charge is 0.383 e. The van der Waals surface area contributed by atoms with Crippen LogP contribution in [0.15, 0.2) is 36.9 Å². The minimum Gasteiger partial charge on any atom is -0.383 e. The van der Waals surface area contributed by atoms with Crippen LogP contribution in [0.4, 0.5) is 5.69 Å². The van der Waals surface area contributed by atoms with Crippen molar-refractivity contribution in [2.45, 2.75) is 12.8 Å². The van der Waals surface area contributed by atoms with Crippen LogP contribution in [0.5, 0.6) is 0 Å². The van der Waals surface area contributed by atoms with E-state index < -0.39 is 0 Å². The highest BCUT2D eigenvalue weighted by atomic mass is 35.5. The lowest BCUT2D eigenvalue weighted by Crippen LogP contribution is -2.33. The molecule has 0 amide bonds. The molecule has 0 bridgehead atoms. The summed E-state index contributed by atoms with van der Waals surface area (Å²) in [6, 6.07) is 5.98. The van der Waals surface area contributed by atoms with E-state index in [1.807, 2.05) is 22.9 Å². The van der Waals surface area contributed by atoms with Crippen LogP contribution in [-0.4, -0.2) is 41.1 Å². The number of likely N-dealkylation sites (tertiary alicyclic amines) is 1. The molecule has 0 spiro atoms. The molecule has 5 heteroatoms. The molecule has 4 nitrogen and oxygen atoms in total. The van der Waals surface area contributed by atoms with E-state index >= 15 is 0 Å². The van der Waals surface area contributed by atoms with Crippen molar-refractivity contribution < 1.29 is 0 Å². The number of nitrogens with zero attached hydrogens (tertiary/aromatic N) is 3. The van der Waals surface area contributed by atoms with Gasteiger partial charge in [0, 0.05) is 18.9 Å². The van der Waals surface area contributed by atoms with E-state index in [1.54, 1.807) is 12.5 Å². The predicted octanol–water partition coefficient (Wildman–Crippen LogP) is 3.28. The van der Waals surface area contributed by atoms with Crippen molar-refractivity contribution >= 4 is 17.3 Å². The highest BCUT2D eigenvalue weighted by Crippen LogP contribution is 2.29. The Kier molecular flexibility index (Phi) is 4.46. The third-order valence-electron chi connectivity index (χ3n) is 4.17. The van der Waals surface area contributed by atoms with Gasteiger partial charge >= 0.3 is 0 Å². The van der Waals surface area contributed by atoms with Crippen LogP contribution < -0.4 is 5.32 Å². The number of piperidine rings is 1. The summed E-state index contributed by atoms with van der Waals surface area (Å²) < 4.78 is 1.96. The van der Waals surface area contributed by atoms with Crippen LogP contribution in [-0.2, 0) is 0 Å². The number of aromatic nitrogens is 2. The fourth-order valence-corrected chi connectivity index (χ4v) is 3.10. The van der Waals surface area contributed by atoms with E-state index in [0.717, 1.165) is 28.9 Å². The minimum absolute atomic E-state index is 0.732. The molecule has 0 radical (unpaired) electrons. The Bertz CT molecular complexity index is 574. The van der Waals surface area contributed by atoms with Gasteiger partial charge in [0.15, 0.2) is 0 Å². The maximum absolute atomic E-state index is 6.37. The Morgan fingerprint density at radius 2 is 2.14 bits per heavy atom. The minimum atomic E-state index is 0.732. The Labute approximate surface area is 130 Å². The molecule has 112 valence electrons. The van der Waals surface area contributed by atoms with Crippen LogP contribution in [0.25, 0.3) is 5.69 Å². The number of para-hydroxylation sites is 1. The average molecular weight is 305 g/mol. The smallest absolute Gasteiger partial charge is 0.0992 e. The number of rotatable bonds is 4. The second-order valence-electron chi connectivity index (χ2n) is 5.73. The first-order valence-electron chi connectivity index (χ1n) is 7.43. The first-order valence-corrected chi connectivity index (χ1v) is 7.81. The van der Waals surface area contributed by atoms with Crippen molar-refractivity contribution in [2.24, 2.45) is 5.92 Å². The van der Waals surface area contributed by atoms with Gasteiger partial charge < -0.3 is 14.8 Å². The van der Waals surface area contributed by atoms with Gasteiger partial charge in [-0.3, -0.25) is 0 Å². The Morgan fingerprint density at radius 3 is 2.86 bits per heavy atom. The van der Waals surface area contributed by atoms with E-state index in [1.165, 1.54) is 25.9 Å². The lowest BCUT2D eigenvalue weighted by molar-refractivity contribution is 0.226. The van der Waals surface area contributed by atoms with Gasteiger partial charge in [-0.05, 0) is 51.0 Å². The fraction of sp³-hybridized carbons (Fsp3) is 0.438. The molecule has 3 rings (SSSR count). The number of nitrogens with one attached hydrogen (secondary N) is 1. The van der Waals surface area contributed by atoms with E-state index in [-0.39, 0.29) is 0 Å². The van der Waals surface area contributed by atoms with E-state index in [2.05, 4.69) is 28.3 Å². The van der Waals surface area contributed by atoms with E-state index in [4.69, 9.17) is 11.6 Å². The number of anilines is 1. The van der Waals surface area contributed by atoms with Crippen molar-refractivity contribution in [1.29, 1.82) is 0 Å². The number of halogens is 1. The van der Waals surface area contributed by atoms with Crippen LogP contribution in [0, 0.1) is 5.92 Å². The monoisotopic (exact) mass is 304 g/mol. The summed E-state index contributed by atoms with van der Waals surface area (Å²) in [6.07, 6.45) is 7.98. The highest BCUT2D eigenvalue weighted by molar-refractivity contribution is 6.33. The molecule has 1 aliphatic rings. The molecule has 0 unspecified atom stereocenters. The zero-order valence-corrected chi connectivity index (χ0v) is 13.1. The van der Waals surface area contributed by atoms with Crippen molar-refractivity contribution in [2.75, 3.05) is 32.0 Å². The predicted molar refractivity (Wildman–Crippen MR) is 87.3 cm³/mol. The Balaban J connectivity index is 1.72. The number of hydrogen-bond acceptors (Lipinski definition) is 3. The first kappa shape index (κ1) is 14.4. The molecule has 2 heterocycles. The topological polar surface area (TPSA) is 33.1 Å². The third-order valence-corrected chi connectivity index (χ3v) is 4.47. The molecule has 1 saturated heterocycles. The lowest BCUT2D eigenvalue weighted by atomic mass is 9.97. The summed E-state index contributed by atoms with van der Waals surface area (Å²) in [5.41, 5.74) is 2.05. The molecule has 1 aromatic carbocycles. The van der Waals surface area contributed by atoms with Crippen LogP contribution in [0.1, 0.15) is 12.8 Å². The molecular formula is C16H21ClN4. The summed E-state index contributed by atoms with van der Waals surface area (Å²) in [6.45, 7) is 3.38. The van der Waals surface area contributed by atoms with Gasteiger partial charge in [0.25, 0.3) is 0 Å². The van der Waals surface area contributed by atoms with Crippen molar-refractivity contribution in [3.05, 3.63) is 41.9 Å². The van der Waals surface area contributed by atoms with Gasteiger partial charge in [0.05, 0.1) is 22.7 Å². The molecular weight excluding hydrogens is 284 g/mol. The van der Waals surface area contributed by atoms with Crippen LogP contribution in [0.2, 0.25) is 5.02 Å². The quantitative estimate of drug-likeness (QED) is 0.941. The highest BCUT2D eigenvalue weighted by Gasteiger charge is 2.17. The average Bonchev–Trinajstić information content (AvgIpc) is 3.00. The zero-order valence-electron chi connectivity index (χ0n) is 12.3. The molecule has 1 aliphatic heterocycles. The van der Waals surface area contributed by atoms with Gasteiger partial charge in [0.2, 0.25) is 0 Å². The maximum atomic E-state index is 6.37. The third kappa shape index (κ3) is 3.39. The Hall–Kier alpha value is -1.52. The van der Waals surface area contributed by atoms with Crippen LogP contribution in [0.3, 0.4) is 0 Å². The molecule has 0 aliphatic carbocycles. The zero-order chi connectivity index (χ0) is 14.7. The number of benzene rings is 1. The van der Waals surface area contributed by atoms with Gasteiger partial charge in [-0.1, -0.05) is 17.7 Å². The van der Waals surface area contributed by atoms with Gasteiger partial charge in [-0.25, -0.2) is 4.98 Å².